The monoisotopic (exact) mass is 1070 g/mol. The zero-order valence-electron chi connectivity index (χ0n) is 52.1. The van der Waals surface area contributed by atoms with Crippen LogP contribution in [0, 0.1) is 0 Å². The Kier molecular flexibility index (Phi) is 64.5. The highest BCUT2D eigenvalue weighted by molar-refractivity contribution is 5.71. The summed E-state index contributed by atoms with van der Waals surface area (Å²) < 4.78 is 17.0. The van der Waals surface area contributed by atoms with Crippen molar-refractivity contribution < 1.29 is 28.6 Å². The summed E-state index contributed by atoms with van der Waals surface area (Å²) in [5, 5.41) is 0. The highest BCUT2D eigenvalue weighted by atomic mass is 16.6. The van der Waals surface area contributed by atoms with E-state index in [1.165, 1.54) is 315 Å². The Labute approximate surface area is 476 Å². The molecule has 0 heterocycles. The van der Waals surface area contributed by atoms with Crippen LogP contribution in [0.3, 0.4) is 0 Å². The van der Waals surface area contributed by atoms with Gasteiger partial charge in [0.25, 0.3) is 0 Å². The minimum Gasteiger partial charge on any atom is -0.462 e. The van der Waals surface area contributed by atoms with Crippen LogP contribution in [0.5, 0.6) is 0 Å². The zero-order chi connectivity index (χ0) is 55.0. The van der Waals surface area contributed by atoms with Crippen molar-refractivity contribution in [2.75, 3.05) is 13.2 Å². The van der Waals surface area contributed by atoms with Gasteiger partial charge in [0, 0.05) is 19.3 Å². The average Bonchev–Trinajstić information content (AvgIpc) is 3.42. The van der Waals surface area contributed by atoms with Crippen molar-refractivity contribution in [2.24, 2.45) is 0 Å². The fourth-order valence-electron chi connectivity index (χ4n) is 11.1. The Bertz CT molecular complexity index is 1140. The van der Waals surface area contributed by atoms with Gasteiger partial charge in [-0.3, -0.25) is 14.4 Å². The van der Waals surface area contributed by atoms with E-state index >= 15 is 0 Å². The lowest BCUT2D eigenvalue weighted by atomic mass is 10.0. The van der Waals surface area contributed by atoms with Gasteiger partial charge in [0.05, 0.1) is 0 Å². The summed E-state index contributed by atoms with van der Waals surface area (Å²) in [7, 11) is 0. The number of ether oxygens (including phenoxy) is 3. The van der Waals surface area contributed by atoms with Crippen molar-refractivity contribution in [3.8, 4) is 0 Å². The molecule has 0 rings (SSSR count). The summed E-state index contributed by atoms with van der Waals surface area (Å²) in [6, 6.07) is 0. The highest BCUT2D eigenvalue weighted by Gasteiger charge is 2.19. The van der Waals surface area contributed by atoms with E-state index in [4.69, 9.17) is 14.2 Å². The van der Waals surface area contributed by atoms with Crippen LogP contribution < -0.4 is 0 Å². The fraction of sp³-hybridized carbons (Fsp3) is 0.957. The number of hydrogen-bond acceptors (Lipinski definition) is 6. The first-order chi connectivity index (χ1) is 37.5. The average molecular weight is 1070 g/mol. The Morgan fingerprint density at radius 2 is 0.355 bits per heavy atom. The molecule has 0 saturated heterocycles. The van der Waals surface area contributed by atoms with Gasteiger partial charge in [-0.2, -0.15) is 0 Å². The van der Waals surface area contributed by atoms with E-state index in [0.29, 0.717) is 19.3 Å². The van der Waals surface area contributed by atoms with Crippen molar-refractivity contribution in [1.29, 1.82) is 0 Å². The van der Waals surface area contributed by atoms with Gasteiger partial charge < -0.3 is 14.2 Å². The van der Waals surface area contributed by atoms with Crippen molar-refractivity contribution in [3.63, 3.8) is 0 Å². The van der Waals surface area contributed by atoms with Crippen LogP contribution in [0.1, 0.15) is 412 Å². The van der Waals surface area contributed by atoms with Crippen LogP contribution >= 0.6 is 0 Å². The van der Waals surface area contributed by atoms with Gasteiger partial charge in [-0.15, -0.1) is 0 Å². The van der Waals surface area contributed by atoms with Crippen LogP contribution in [0.4, 0.5) is 0 Å². The van der Waals surface area contributed by atoms with E-state index in [-0.39, 0.29) is 31.1 Å². The molecule has 0 spiro atoms. The number of hydrogen-bond donors (Lipinski definition) is 0. The molecule has 76 heavy (non-hydrogen) atoms. The molecule has 0 aliphatic heterocycles. The van der Waals surface area contributed by atoms with Gasteiger partial charge >= 0.3 is 17.9 Å². The molecule has 0 aromatic carbocycles. The van der Waals surface area contributed by atoms with Crippen LogP contribution in [-0.4, -0.2) is 37.2 Å². The topological polar surface area (TPSA) is 78.9 Å². The van der Waals surface area contributed by atoms with E-state index in [1.54, 1.807) is 0 Å². The predicted molar refractivity (Wildman–Crippen MR) is 330 cm³/mol. The normalized spacial score (nSPS) is 11.9. The largest absolute Gasteiger partial charge is 0.462 e. The Hall–Kier alpha value is -1.59. The summed E-state index contributed by atoms with van der Waals surface area (Å²) >= 11 is 0. The summed E-state index contributed by atoms with van der Waals surface area (Å²) in [5.74, 6) is -0.821. The minimum atomic E-state index is -0.763. The standard InChI is InChI=1S/C70H136O6/c1-4-7-10-13-16-19-22-25-27-29-31-32-33-34-35-36-37-38-39-41-42-45-48-51-54-57-60-63-69(72)75-66-67(65-74-68(71)62-59-56-53-50-47-44-24-21-18-15-12-9-6-3)76-70(73)64-61-58-55-52-49-46-43-40-30-28-26-23-20-17-14-11-8-5-2/h67H,4-66H2,1-3H3. The highest BCUT2D eigenvalue weighted by Crippen LogP contribution is 2.19. The third-order valence-electron chi connectivity index (χ3n) is 16.4. The van der Waals surface area contributed by atoms with Gasteiger partial charge in [-0.25, -0.2) is 0 Å². The number of esters is 3. The molecule has 6 heteroatoms. The second kappa shape index (κ2) is 65.9. The summed E-state index contributed by atoms with van der Waals surface area (Å²) in [5.41, 5.74) is 0. The Balaban J connectivity index is 4.15. The third kappa shape index (κ3) is 63.2. The fourth-order valence-corrected chi connectivity index (χ4v) is 11.1. The molecular weight excluding hydrogens is 937 g/mol. The van der Waals surface area contributed by atoms with Crippen molar-refractivity contribution in [1.82, 2.24) is 0 Å². The quantitative estimate of drug-likeness (QED) is 0.0343. The first kappa shape index (κ1) is 74.4. The molecule has 0 N–H and O–H groups in total. The second-order valence-electron chi connectivity index (χ2n) is 24.2. The summed E-state index contributed by atoms with van der Waals surface area (Å²) in [6.45, 7) is 6.74. The number of unbranched alkanes of at least 4 members (excludes halogenated alkanes) is 55. The SMILES string of the molecule is CCCCCCCCCCCCCCCCCCCCCCCCCCCCCC(=O)OCC(COC(=O)CCCCCCCCCCCCCCC)OC(=O)CCCCCCCCCCCCCCCCCCCC. The lowest BCUT2D eigenvalue weighted by Crippen LogP contribution is -2.30. The lowest BCUT2D eigenvalue weighted by Gasteiger charge is -2.18. The van der Waals surface area contributed by atoms with Crippen LogP contribution in [0.15, 0.2) is 0 Å². The Morgan fingerprint density at radius 3 is 0.526 bits per heavy atom. The van der Waals surface area contributed by atoms with Crippen LogP contribution in [-0.2, 0) is 28.6 Å². The molecule has 0 amide bonds. The minimum absolute atomic E-state index is 0.0603. The molecule has 1 atom stereocenters. The van der Waals surface area contributed by atoms with Gasteiger partial charge in [0.15, 0.2) is 6.10 Å². The maximum absolute atomic E-state index is 12.9. The first-order valence-electron chi connectivity index (χ1n) is 35.0. The van der Waals surface area contributed by atoms with E-state index in [1.807, 2.05) is 0 Å². The maximum Gasteiger partial charge on any atom is 0.306 e. The molecular formula is C70H136O6. The van der Waals surface area contributed by atoms with Crippen molar-refractivity contribution in [2.45, 2.75) is 419 Å². The molecule has 6 nitrogen and oxygen atoms in total. The maximum atomic E-state index is 12.9. The van der Waals surface area contributed by atoms with E-state index < -0.39 is 6.10 Å². The lowest BCUT2D eigenvalue weighted by molar-refractivity contribution is -0.167. The number of carbonyl (C=O) groups is 3. The van der Waals surface area contributed by atoms with E-state index in [9.17, 15) is 14.4 Å². The van der Waals surface area contributed by atoms with Gasteiger partial charge in [-0.05, 0) is 19.3 Å². The second-order valence-corrected chi connectivity index (χ2v) is 24.2. The molecule has 0 saturated carbocycles. The van der Waals surface area contributed by atoms with Gasteiger partial charge in [0.1, 0.15) is 13.2 Å². The first-order valence-corrected chi connectivity index (χ1v) is 35.0. The molecule has 452 valence electrons. The summed E-state index contributed by atoms with van der Waals surface area (Å²) in [4.78, 5) is 38.4. The molecule has 0 aromatic heterocycles. The van der Waals surface area contributed by atoms with E-state index in [0.717, 1.165) is 57.8 Å². The molecule has 1 unspecified atom stereocenters. The molecule has 0 bridgehead atoms. The van der Waals surface area contributed by atoms with Gasteiger partial charge in [-0.1, -0.05) is 374 Å². The molecule has 0 aromatic rings. The smallest absolute Gasteiger partial charge is 0.306 e. The van der Waals surface area contributed by atoms with E-state index in [2.05, 4.69) is 20.8 Å². The summed E-state index contributed by atoms with van der Waals surface area (Å²) in [6.07, 6.45) is 77.1. The van der Waals surface area contributed by atoms with Crippen LogP contribution in [0.25, 0.3) is 0 Å². The van der Waals surface area contributed by atoms with Crippen molar-refractivity contribution in [3.05, 3.63) is 0 Å². The molecule has 0 aliphatic rings. The Morgan fingerprint density at radius 1 is 0.211 bits per heavy atom. The van der Waals surface area contributed by atoms with Gasteiger partial charge in [0.2, 0.25) is 0 Å². The number of rotatable bonds is 66. The van der Waals surface area contributed by atoms with Crippen LogP contribution in [0.2, 0.25) is 0 Å². The zero-order valence-corrected chi connectivity index (χ0v) is 52.1. The predicted octanol–water partition coefficient (Wildman–Crippen LogP) is 23.8. The number of carbonyl (C=O) groups excluding carboxylic acids is 3. The molecule has 0 aliphatic carbocycles. The molecule has 0 fully saturated rings. The van der Waals surface area contributed by atoms with Crippen molar-refractivity contribution >= 4 is 17.9 Å². The molecule has 0 radical (unpaired) electrons. The third-order valence-corrected chi connectivity index (χ3v) is 16.4.